The molecule has 134 valence electrons. The largest absolute Gasteiger partial charge is 0.406 e. The van der Waals surface area contributed by atoms with Gasteiger partial charge < -0.3 is 9.64 Å². The predicted molar refractivity (Wildman–Crippen MR) is 88.5 cm³/mol. The van der Waals surface area contributed by atoms with Crippen LogP contribution in [0, 0.1) is 0 Å². The summed E-state index contributed by atoms with van der Waals surface area (Å²) in [5, 5.41) is 2.13. The second kappa shape index (κ2) is 7.53. The van der Waals surface area contributed by atoms with Crippen molar-refractivity contribution in [1.82, 2.24) is 9.88 Å². The molecule has 8 heteroatoms. The highest BCUT2D eigenvalue weighted by atomic mass is 32.1. The van der Waals surface area contributed by atoms with Crippen LogP contribution < -0.4 is 0 Å². The normalized spacial score (nSPS) is 16.0. The van der Waals surface area contributed by atoms with E-state index in [4.69, 9.17) is 4.74 Å². The number of alkyl halides is 3. The number of hydrogen-bond donors (Lipinski definition) is 0. The summed E-state index contributed by atoms with van der Waals surface area (Å²) in [7, 11) is 0. The van der Waals surface area contributed by atoms with Crippen molar-refractivity contribution in [2.45, 2.75) is 25.1 Å². The number of carbonyl (C=O) groups is 1. The first-order chi connectivity index (χ1) is 11.9. The Labute approximate surface area is 147 Å². The first-order valence-corrected chi connectivity index (χ1v) is 8.78. The van der Waals surface area contributed by atoms with E-state index in [1.165, 1.54) is 16.7 Å². The molecular formula is C17H17F3N2O2S. The van der Waals surface area contributed by atoms with Crippen molar-refractivity contribution in [1.29, 1.82) is 0 Å². The van der Waals surface area contributed by atoms with E-state index in [-0.39, 0.29) is 5.69 Å². The van der Waals surface area contributed by atoms with Crippen LogP contribution >= 0.6 is 11.3 Å². The summed E-state index contributed by atoms with van der Waals surface area (Å²) in [6, 6.07) is 8.76. The first-order valence-electron chi connectivity index (χ1n) is 7.90. The van der Waals surface area contributed by atoms with Gasteiger partial charge in [0.1, 0.15) is 17.2 Å². The Morgan fingerprint density at radius 3 is 2.56 bits per heavy atom. The molecular weight excluding hydrogens is 353 g/mol. The quantitative estimate of drug-likeness (QED) is 0.817. The molecule has 1 aliphatic heterocycles. The number of halogens is 3. The summed E-state index contributed by atoms with van der Waals surface area (Å²) in [6.07, 6.45) is -3.65. The Morgan fingerprint density at radius 2 is 1.92 bits per heavy atom. The molecule has 1 saturated heterocycles. The summed E-state index contributed by atoms with van der Waals surface area (Å²) >= 11 is 1.25. The molecule has 0 saturated carbocycles. The summed E-state index contributed by atoms with van der Waals surface area (Å²) in [5.74, 6) is -0.678. The topological polar surface area (TPSA) is 42.4 Å². The number of thiazole rings is 1. The predicted octanol–water partition coefficient (Wildman–Crippen LogP) is 3.99. The SMILES string of the molecule is O=C(c1csc(-c2ccccc2)n1)N(CC(F)(F)F)C1CCOCC1. The molecule has 1 aliphatic rings. The summed E-state index contributed by atoms with van der Waals surface area (Å²) in [4.78, 5) is 17.8. The molecule has 1 amide bonds. The minimum absolute atomic E-state index is 0.0552. The van der Waals surface area contributed by atoms with Gasteiger partial charge in [-0.1, -0.05) is 30.3 Å². The monoisotopic (exact) mass is 370 g/mol. The molecule has 2 aromatic rings. The molecule has 0 N–H and O–H groups in total. The Morgan fingerprint density at radius 1 is 1.24 bits per heavy atom. The zero-order valence-corrected chi connectivity index (χ0v) is 14.1. The van der Waals surface area contributed by atoms with Crippen molar-refractivity contribution in [3.63, 3.8) is 0 Å². The van der Waals surface area contributed by atoms with Gasteiger partial charge in [0.15, 0.2) is 0 Å². The lowest BCUT2D eigenvalue weighted by Crippen LogP contribution is -2.48. The fraction of sp³-hybridized carbons (Fsp3) is 0.412. The standard InChI is InChI=1S/C17H17F3N2O2S/c18-17(19,20)11-22(13-6-8-24-9-7-13)16(23)14-10-25-15(21-14)12-4-2-1-3-5-12/h1-5,10,13H,6-9,11H2. The molecule has 0 radical (unpaired) electrons. The Kier molecular flexibility index (Phi) is 5.39. The number of carbonyl (C=O) groups excluding carboxylic acids is 1. The Bertz CT molecular complexity index is 712. The molecule has 25 heavy (non-hydrogen) atoms. The van der Waals surface area contributed by atoms with Crippen LogP contribution in [0.15, 0.2) is 35.7 Å². The average molecular weight is 370 g/mol. The third-order valence-electron chi connectivity index (χ3n) is 3.99. The Balaban J connectivity index is 1.83. The highest BCUT2D eigenvalue weighted by Crippen LogP contribution is 2.27. The summed E-state index contributed by atoms with van der Waals surface area (Å²) in [5.41, 5.74) is 0.889. The van der Waals surface area contributed by atoms with Crippen LogP contribution in [0.2, 0.25) is 0 Å². The lowest BCUT2D eigenvalue weighted by atomic mass is 10.1. The van der Waals surface area contributed by atoms with Crippen LogP contribution in [-0.4, -0.2) is 47.8 Å². The maximum Gasteiger partial charge on any atom is 0.406 e. The van der Waals surface area contributed by atoms with Crippen molar-refractivity contribution in [2.75, 3.05) is 19.8 Å². The first kappa shape index (κ1) is 17.9. The Hall–Kier alpha value is -1.93. The van der Waals surface area contributed by atoms with Crippen LogP contribution in [0.1, 0.15) is 23.3 Å². The molecule has 2 heterocycles. The van der Waals surface area contributed by atoms with Gasteiger partial charge in [-0.05, 0) is 12.8 Å². The minimum atomic E-state index is -4.45. The fourth-order valence-electron chi connectivity index (χ4n) is 2.79. The zero-order chi connectivity index (χ0) is 17.9. The molecule has 1 fully saturated rings. The average Bonchev–Trinajstić information content (AvgIpc) is 3.10. The van der Waals surface area contributed by atoms with E-state index >= 15 is 0 Å². The van der Waals surface area contributed by atoms with Crippen molar-refractivity contribution in [3.8, 4) is 10.6 Å². The van der Waals surface area contributed by atoms with Gasteiger partial charge in [-0.3, -0.25) is 4.79 Å². The van der Waals surface area contributed by atoms with Crippen molar-refractivity contribution < 1.29 is 22.7 Å². The van der Waals surface area contributed by atoms with E-state index in [0.29, 0.717) is 31.1 Å². The third-order valence-corrected chi connectivity index (χ3v) is 4.88. The number of rotatable bonds is 4. The molecule has 0 unspecified atom stereocenters. The van der Waals surface area contributed by atoms with E-state index < -0.39 is 24.7 Å². The van der Waals surface area contributed by atoms with E-state index in [1.54, 1.807) is 0 Å². The van der Waals surface area contributed by atoms with Gasteiger partial charge in [-0.2, -0.15) is 13.2 Å². The van der Waals surface area contributed by atoms with Gasteiger partial charge in [-0.15, -0.1) is 11.3 Å². The van der Waals surface area contributed by atoms with Gasteiger partial charge in [0, 0.05) is 30.2 Å². The smallest absolute Gasteiger partial charge is 0.381 e. The van der Waals surface area contributed by atoms with E-state index in [9.17, 15) is 18.0 Å². The van der Waals surface area contributed by atoms with Crippen molar-refractivity contribution in [2.24, 2.45) is 0 Å². The van der Waals surface area contributed by atoms with Gasteiger partial charge in [0.05, 0.1) is 0 Å². The lowest BCUT2D eigenvalue weighted by molar-refractivity contribution is -0.147. The van der Waals surface area contributed by atoms with Crippen molar-refractivity contribution >= 4 is 17.2 Å². The lowest BCUT2D eigenvalue weighted by Gasteiger charge is -2.34. The molecule has 3 rings (SSSR count). The zero-order valence-electron chi connectivity index (χ0n) is 13.3. The molecule has 0 aliphatic carbocycles. The fourth-order valence-corrected chi connectivity index (χ4v) is 3.59. The molecule has 0 atom stereocenters. The van der Waals surface area contributed by atoms with Gasteiger partial charge in [0.2, 0.25) is 0 Å². The molecule has 0 spiro atoms. The van der Waals surface area contributed by atoms with E-state index in [1.807, 2.05) is 30.3 Å². The number of hydrogen-bond acceptors (Lipinski definition) is 4. The highest BCUT2D eigenvalue weighted by Gasteiger charge is 2.38. The van der Waals surface area contributed by atoms with Crippen LogP contribution in [0.5, 0.6) is 0 Å². The maximum absolute atomic E-state index is 13.0. The van der Waals surface area contributed by atoms with Crippen LogP contribution in [0.3, 0.4) is 0 Å². The van der Waals surface area contributed by atoms with Crippen LogP contribution in [0.25, 0.3) is 10.6 Å². The summed E-state index contributed by atoms with van der Waals surface area (Å²) < 4.78 is 44.1. The van der Waals surface area contributed by atoms with Gasteiger partial charge in [-0.25, -0.2) is 4.98 Å². The molecule has 0 bridgehead atoms. The second-order valence-electron chi connectivity index (χ2n) is 5.80. The number of aromatic nitrogens is 1. The third kappa shape index (κ3) is 4.58. The van der Waals surface area contributed by atoms with Crippen molar-refractivity contribution in [3.05, 3.63) is 41.4 Å². The van der Waals surface area contributed by atoms with Crippen LogP contribution in [-0.2, 0) is 4.74 Å². The molecule has 1 aromatic heterocycles. The molecule has 4 nitrogen and oxygen atoms in total. The minimum Gasteiger partial charge on any atom is -0.381 e. The second-order valence-corrected chi connectivity index (χ2v) is 6.65. The summed E-state index contributed by atoms with van der Waals surface area (Å²) in [6.45, 7) is -0.550. The number of benzene rings is 1. The maximum atomic E-state index is 13.0. The van der Waals surface area contributed by atoms with Gasteiger partial charge in [0.25, 0.3) is 5.91 Å². The number of ether oxygens (including phenoxy) is 1. The number of amides is 1. The van der Waals surface area contributed by atoms with Gasteiger partial charge >= 0.3 is 6.18 Å². The highest BCUT2D eigenvalue weighted by molar-refractivity contribution is 7.13. The van der Waals surface area contributed by atoms with Crippen LogP contribution in [0.4, 0.5) is 13.2 Å². The van der Waals surface area contributed by atoms with E-state index in [2.05, 4.69) is 4.98 Å². The molecule has 1 aromatic carbocycles. The number of nitrogens with zero attached hydrogens (tertiary/aromatic N) is 2. The van der Waals surface area contributed by atoms with E-state index in [0.717, 1.165) is 10.5 Å².